The maximum Gasteiger partial charge on any atom is 0.133 e. The Hall–Kier alpha value is -1.94. The van der Waals surface area contributed by atoms with Gasteiger partial charge in [-0.2, -0.15) is 0 Å². The predicted molar refractivity (Wildman–Crippen MR) is 69.3 cm³/mol. The Kier molecular flexibility index (Phi) is 3.58. The number of nitrogens with zero attached hydrogens (tertiary/aromatic N) is 2. The van der Waals surface area contributed by atoms with Crippen molar-refractivity contribution in [3.05, 3.63) is 54.0 Å². The van der Waals surface area contributed by atoms with Crippen LogP contribution in [0.25, 0.3) is 0 Å². The van der Waals surface area contributed by atoms with Gasteiger partial charge in [0, 0.05) is 18.9 Å². The van der Waals surface area contributed by atoms with Crippen LogP contribution in [-0.4, -0.2) is 17.1 Å². The number of aromatic nitrogens is 1. The monoisotopic (exact) mass is 246 g/mol. The molecule has 0 unspecified atom stereocenters. The van der Waals surface area contributed by atoms with Gasteiger partial charge in [0.1, 0.15) is 11.6 Å². The van der Waals surface area contributed by atoms with Crippen LogP contribution in [0.1, 0.15) is 18.6 Å². The molecule has 1 aromatic carbocycles. The van der Waals surface area contributed by atoms with E-state index in [-0.39, 0.29) is 5.82 Å². The van der Waals surface area contributed by atoms with E-state index in [4.69, 9.17) is 0 Å². The number of hydrogen-bond donors (Lipinski definition) is 1. The zero-order valence-electron chi connectivity index (χ0n) is 10.3. The molecule has 2 rings (SSSR count). The van der Waals surface area contributed by atoms with E-state index in [1.165, 1.54) is 12.1 Å². The van der Waals surface area contributed by atoms with Gasteiger partial charge in [0.25, 0.3) is 0 Å². The largest absolute Gasteiger partial charge is 0.389 e. The first-order valence-corrected chi connectivity index (χ1v) is 5.71. The fourth-order valence-corrected chi connectivity index (χ4v) is 1.67. The summed E-state index contributed by atoms with van der Waals surface area (Å²) in [5, 5.41) is 9.54. The van der Waals surface area contributed by atoms with E-state index in [1.807, 2.05) is 18.0 Å². The molecule has 2 aromatic rings. The maximum absolute atomic E-state index is 12.9. The van der Waals surface area contributed by atoms with Crippen LogP contribution < -0.4 is 4.90 Å². The minimum atomic E-state index is -0.534. The lowest BCUT2D eigenvalue weighted by atomic mass is 10.1. The van der Waals surface area contributed by atoms with Gasteiger partial charge < -0.3 is 10.0 Å². The van der Waals surface area contributed by atoms with Gasteiger partial charge in [-0.25, -0.2) is 9.37 Å². The Labute approximate surface area is 106 Å². The fourth-order valence-electron chi connectivity index (χ4n) is 1.67. The molecular formula is C14H15FN2O. The zero-order valence-corrected chi connectivity index (χ0v) is 10.3. The average Bonchev–Trinajstić information content (AvgIpc) is 2.39. The molecule has 0 radical (unpaired) electrons. The average molecular weight is 246 g/mol. The van der Waals surface area contributed by atoms with Gasteiger partial charge in [0.2, 0.25) is 0 Å². The smallest absolute Gasteiger partial charge is 0.133 e. The first-order valence-electron chi connectivity index (χ1n) is 5.71. The summed E-state index contributed by atoms with van der Waals surface area (Å²) in [6, 6.07) is 9.77. The van der Waals surface area contributed by atoms with Crippen molar-refractivity contribution in [3.8, 4) is 0 Å². The van der Waals surface area contributed by atoms with Crippen molar-refractivity contribution in [3.63, 3.8) is 0 Å². The molecule has 4 heteroatoms. The number of pyridine rings is 1. The number of anilines is 2. The molecule has 0 aliphatic rings. The predicted octanol–water partition coefficient (Wildman–Crippen LogP) is 3.04. The van der Waals surface area contributed by atoms with Crippen LogP contribution in [0.5, 0.6) is 0 Å². The quantitative estimate of drug-likeness (QED) is 0.904. The Balaban J connectivity index is 2.30. The third-order valence-electron chi connectivity index (χ3n) is 2.81. The molecule has 0 aliphatic carbocycles. The highest BCUT2D eigenvalue weighted by Crippen LogP contribution is 2.24. The van der Waals surface area contributed by atoms with Crippen LogP contribution in [0.4, 0.5) is 15.9 Å². The molecule has 1 aromatic heterocycles. The SMILES string of the molecule is C[C@H](O)c1ccnc(N(C)c2ccc(F)cc2)c1. The minimum Gasteiger partial charge on any atom is -0.389 e. The third-order valence-corrected chi connectivity index (χ3v) is 2.81. The van der Waals surface area contributed by atoms with E-state index in [1.54, 1.807) is 31.3 Å². The molecule has 0 spiro atoms. The maximum atomic E-state index is 12.9. The molecule has 0 aliphatic heterocycles. The molecule has 0 amide bonds. The summed E-state index contributed by atoms with van der Waals surface area (Å²) in [5.74, 6) is 0.442. The van der Waals surface area contributed by atoms with Crippen molar-refractivity contribution in [2.75, 3.05) is 11.9 Å². The highest BCUT2D eigenvalue weighted by Gasteiger charge is 2.08. The summed E-state index contributed by atoms with van der Waals surface area (Å²) in [4.78, 5) is 6.08. The number of halogens is 1. The van der Waals surface area contributed by atoms with Crippen molar-refractivity contribution in [2.45, 2.75) is 13.0 Å². The van der Waals surface area contributed by atoms with Gasteiger partial charge in [-0.1, -0.05) is 0 Å². The summed E-state index contributed by atoms with van der Waals surface area (Å²) < 4.78 is 12.9. The van der Waals surface area contributed by atoms with E-state index < -0.39 is 6.10 Å². The van der Waals surface area contributed by atoms with Crippen molar-refractivity contribution in [1.82, 2.24) is 4.98 Å². The van der Waals surface area contributed by atoms with Crippen LogP contribution in [0.2, 0.25) is 0 Å². The molecule has 0 bridgehead atoms. The topological polar surface area (TPSA) is 36.4 Å². The highest BCUT2D eigenvalue weighted by atomic mass is 19.1. The summed E-state index contributed by atoms with van der Waals surface area (Å²) in [6.45, 7) is 1.71. The molecule has 1 N–H and O–H groups in total. The molecule has 0 fully saturated rings. The van der Waals surface area contributed by atoms with Crippen molar-refractivity contribution < 1.29 is 9.50 Å². The van der Waals surface area contributed by atoms with Gasteiger partial charge in [-0.3, -0.25) is 0 Å². The number of aliphatic hydroxyl groups excluding tert-OH is 1. The molecule has 0 saturated heterocycles. The van der Waals surface area contributed by atoms with Crippen LogP contribution in [0, 0.1) is 5.82 Å². The molecule has 0 saturated carbocycles. The first-order chi connectivity index (χ1) is 8.58. The van der Waals surface area contributed by atoms with Crippen LogP contribution >= 0.6 is 0 Å². The molecule has 1 heterocycles. The minimum absolute atomic E-state index is 0.266. The summed E-state index contributed by atoms with van der Waals surface area (Å²) in [7, 11) is 1.85. The van der Waals surface area contributed by atoms with Crippen LogP contribution in [0.3, 0.4) is 0 Å². The second-order valence-corrected chi connectivity index (χ2v) is 4.16. The summed E-state index contributed by atoms with van der Waals surface area (Å²) >= 11 is 0. The summed E-state index contributed by atoms with van der Waals surface area (Å²) in [6.07, 6.45) is 1.12. The third kappa shape index (κ3) is 2.65. The van der Waals surface area contributed by atoms with Crippen molar-refractivity contribution in [2.24, 2.45) is 0 Å². The first kappa shape index (κ1) is 12.5. The normalized spacial score (nSPS) is 12.2. The standard InChI is InChI=1S/C14H15FN2O/c1-10(18)11-7-8-16-14(9-11)17(2)13-5-3-12(15)4-6-13/h3-10,18H,1-2H3/t10-/m0/s1. The van der Waals surface area contributed by atoms with E-state index in [0.29, 0.717) is 5.82 Å². The van der Waals surface area contributed by atoms with Crippen molar-refractivity contribution >= 4 is 11.5 Å². The van der Waals surface area contributed by atoms with Crippen molar-refractivity contribution in [1.29, 1.82) is 0 Å². The Morgan fingerprint density at radius 3 is 2.50 bits per heavy atom. The lowest BCUT2D eigenvalue weighted by Gasteiger charge is -2.19. The summed E-state index contributed by atoms with van der Waals surface area (Å²) in [5.41, 5.74) is 1.64. The number of hydrogen-bond acceptors (Lipinski definition) is 3. The Morgan fingerprint density at radius 2 is 1.89 bits per heavy atom. The lowest BCUT2D eigenvalue weighted by Crippen LogP contribution is -2.11. The Bertz CT molecular complexity index is 526. The van der Waals surface area contributed by atoms with Crippen LogP contribution in [0.15, 0.2) is 42.6 Å². The number of rotatable bonds is 3. The van der Waals surface area contributed by atoms with E-state index in [2.05, 4.69) is 4.98 Å². The second kappa shape index (κ2) is 5.14. The van der Waals surface area contributed by atoms with Gasteiger partial charge in [-0.05, 0) is 48.9 Å². The molecule has 3 nitrogen and oxygen atoms in total. The molecule has 1 atom stereocenters. The lowest BCUT2D eigenvalue weighted by molar-refractivity contribution is 0.199. The molecule has 18 heavy (non-hydrogen) atoms. The van der Waals surface area contributed by atoms with Gasteiger partial charge in [0.05, 0.1) is 6.10 Å². The number of aliphatic hydroxyl groups is 1. The van der Waals surface area contributed by atoms with Gasteiger partial charge in [0.15, 0.2) is 0 Å². The fraction of sp³-hybridized carbons (Fsp3) is 0.214. The Morgan fingerprint density at radius 1 is 1.22 bits per heavy atom. The molecular weight excluding hydrogens is 231 g/mol. The zero-order chi connectivity index (χ0) is 13.1. The second-order valence-electron chi connectivity index (χ2n) is 4.16. The van der Waals surface area contributed by atoms with Crippen LogP contribution in [-0.2, 0) is 0 Å². The van der Waals surface area contributed by atoms with E-state index in [9.17, 15) is 9.50 Å². The van der Waals surface area contributed by atoms with E-state index in [0.717, 1.165) is 11.3 Å². The molecule has 94 valence electrons. The van der Waals surface area contributed by atoms with Gasteiger partial charge >= 0.3 is 0 Å². The highest BCUT2D eigenvalue weighted by molar-refractivity contribution is 5.59. The van der Waals surface area contributed by atoms with E-state index >= 15 is 0 Å². The number of benzene rings is 1. The van der Waals surface area contributed by atoms with Gasteiger partial charge in [-0.15, -0.1) is 0 Å².